The highest BCUT2D eigenvalue weighted by molar-refractivity contribution is 5.38. The number of hydrogen-bond acceptors (Lipinski definition) is 6. The van der Waals surface area contributed by atoms with E-state index in [1.54, 1.807) is 30.9 Å². The summed E-state index contributed by atoms with van der Waals surface area (Å²) in [4.78, 5) is 0. The summed E-state index contributed by atoms with van der Waals surface area (Å²) in [5, 5.41) is 25.3. The molecule has 96 valence electrons. The number of ether oxygens (including phenoxy) is 3. The predicted molar refractivity (Wildman–Crippen MR) is 62.4 cm³/mol. The Hall–Kier alpha value is -2.91. The van der Waals surface area contributed by atoms with E-state index in [0.29, 0.717) is 0 Å². The summed E-state index contributed by atoms with van der Waals surface area (Å²) < 4.78 is 14.1. The smallest absolute Gasteiger partial charge is 0.286 e. The third-order valence-electron chi connectivity index (χ3n) is 2.57. The lowest BCUT2D eigenvalue weighted by atomic mass is 9.99. The van der Waals surface area contributed by atoms with Crippen molar-refractivity contribution < 1.29 is 14.2 Å². The van der Waals surface area contributed by atoms with Crippen LogP contribution in [0.3, 0.4) is 0 Å². The molecule has 0 fully saturated rings. The lowest BCUT2D eigenvalue weighted by Crippen LogP contribution is -2.01. The summed E-state index contributed by atoms with van der Waals surface area (Å²) in [6, 6.07) is 3.58. The van der Waals surface area contributed by atoms with Gasteiger partial charge in [-0.2, -0.15) is 15.8 Å². The minimum atomic E-state index is 0.121. The van der Waals surface area contributed by atoms with Crippen molar-refractivity contribution in [1.82, 2.24) is 0 Å². The van der Waals surface area contributed by atoms with Crippen molar-refractivity contribution in [3.05, 3.63) is 34.4 Å². The molecule has 0 radical (unpaired) electrons. The Morgan fingerprint density at radius 2 is 1.26 bits per heavy atom. The molecule has 0 heterocycles. The summed E-state index contributed by atoms with van der Waals surface area (Å²) in [6.07, 6.45) is 4.79. The molecule has 0 saturated heterocycles. The Morgan fingerprint density at radius 3 is 1.68 bits per heavy atom. The Balaban J connectivity index is 3.04. The molecule has 0 aliphatic heterocycles. The highest BCUT2D eigenvalue weighted by atomic mass is 16.5. The van der Waals surface area contributed by atoms with E-state index >= 15 is 0 Å². The van der Waals surface area contributed by atoms with Gasteiger partial charge in [0.1, 0.15) is 19.8 Å². The van der Waals surface area contributed by atoms with Crippen LogP contribution in [-0.4, -0.2) is 0 Å². The highest BCUT2D eigenvalue weighted by Crippen LogP contribution is 2.19. The van der Waals surface area contributed by atoms with Gasteiger partial charge in [0.2, 0.25) is 0 Å². The van der Waals surface area contributed by atoms with Gasteiger partial charge in [-0.05, 0) is 41.3 Å². The molecule has 0 aliphatic rings. The van der Waals surface area contributed by atoms with Crippen molar-refractivity contribution in [2.24, 2.45) is 0 Å². The molecule has 0 aliphatic carbocycles. The van der Waals surface area contributed by atoms with E-state index in [2.05, 4.69) is 4.74 Å². The molecule has 6 heteroatoms. The van der Waals surface area contributed by atoms with Gasteiger partial charge in [-0.3, -0.25) is 0 Å². The molecule has 1 aromatic rings. The van der Waals surface area contributed by atoms with Gasteiger partial charge in [-0.25, -0.2) is 0 Å². The van der Waals surface area contributed by atoms with E-state index in [1.165, 1.54) is 0 Å². The minimum Gasteiger partial charge on any atom is -0.423 e. The molecule has 1 rings (SSSR count). The van der Waals surface area contributed by atoms with Crippen LogP contribution in [0.15, 0.2) is 12.1 Å². The number of hydrogen-bond donors (Lipinski definition) is 0. The molecule has 0 bridgehead atoms. The molecular formula is C13H11N3O3. The summed E-state index contributed by atoms with van der Waals surface area (Å²) in [5.41, 5.74) is 3.21. The van der Waals surface area contributed by atoms with Gasteiger partial charge in [0, 0.05) is 0 Å². The van der Waals surface area contributed by atoms with Crippen molar-refractivity contribution >= 4 is 0 Å². The van der Waals surface area contributed by atoms with Crippen LogP contribution in [0.2, 0.25) is 0 Å². The van der Waals surface area contributed by atoms with Gasteiger partial charge < -0.3 is 14.2 Å². The van der Waals surface area contributed by atoms with E-state index in [9.17, 15) is 0 Å². The zero-order valence-electron chi connectivity index (χ0n) is 10.3. The maximum Gasteiger partial charge on any atom is 0.286 e. The van der Waals surface area contributed by atoms with Crippen LogP contribution in [0.5, 0.6) is 0 Å². The second-order valence-corrected chi connectivity index (χ2v) is 3.68. The zero-order chi connectivity index (χ0) is 14.1. The van der Waals surface area contributed by atoms with Gasteiger partial charge in [0.25, 0.3) is 18.8 Å². The average molecular weight is 257 g/mol. The second-order valence-electron chi connectivity index (χ2n) is 3.68. The number of benzene rings is 1. The van der Waals surface area contributed by atoms with Crippen molar-refractivity contribution in [2.75, 3.05) is 0 Å². The first-order valence-corrected chi connectivity index (χ1v) is 5.36. The number of rotatable bonds is 6. The lowest BCUT2D eigenvalue weighted by molar-refractivity contribution is 0.245. The first-order valence-electron chi connectivity index (χ1n) is 5.36. The van der Waals surface area contributed by atoms with Crippen LogP contribution >= 0.6 is 0 Å². The van der Waals surface area contributed by atoms with E-state index in [1.807, 2.05) is 6.92 Å². The van der Waals surface area contributed by atoms with Crippen LogP contribution in [0, 0.1) is 41.5 Å². The Labute approximate surface area is 111 Å². The van der Waals surface area contributed by atoms with Gasteiger partial charge in [-0.1, -0.05) is 0 Å². The minimum absolute atomic E-state index is 0.121. The molecule has 0 unspecified atom stereocenters. The van der Waals surface area contributed by atoms with Gasteiger partial charge in [0.05, 0.1) is 0 Å². The molecule has 0 saturated carbocycles. The summed E-state index contributed by atoms with van der Waals surface area (Å²) >= 11 is 0. The molecule has 0 spiro atoms. The molecule has 19 heavy (non-hydrogen) atoms. The molecule has 6 nitrogen and oxygen atoms in total. The van der Waals surface area contributed by atoms with Crippen LogP contribution in [0.25, 0.3) is 0 Å². The fraction of sp³-hybridized carbons (Fsp3) is 0.308. The van der Waals surface area contributed by atoms with Crippen molar-refractivity contribution in [3.8, 4) is 18.8 Å². The van der Waals surface area contributed by atoms with Crippen molar-refractivity contribution in [2.45, 2.75) is 26.7 Å². The fourth-order valence-corrected chi connectivity index (χ4v) is 1.63. The molecule has 0 atom stereocenters. The maximum atomic E-state index is 8.43. The number of nitriles is 3. The van der Waals surface area contributed by atoms with Gasteiger partial charge in [0.15, 0.2) is 0 Å². The van der Waals surface area contributed by atoms with Crippen LogP contribution in [0.1, 0.15) is 22.3 Å². The monoisotopic (exact) mass is 257 g/mol. The molecular weight excluding hydrogens is 246 g/mol. The average Bonchev–Trinajstić information content (AvgIpc) is 2.43. The third kappa shape index (κ3) is 4.11. The standard InChI is InChI=1S/C13H11N3O3/c1-10-12(5-18-8-15)2-11(4-17-7-14)3-13(10)6-19-9-16/h2-3H,4-6H2,1H3. The largest absolute Gasteiger partial charge is 0.423 e. The molecule has 0 amide bonds. The second kappa shape index (κ2) is 7.42. The zero-order valence-corrected chi connectivity index (χ0v) is 10.3. The van der Waals surface area contributed by atoms with Crippen LogP contribution in [-0.2, 0) is 34.0 Å². The fourth-order valence-electron chi connectivity index (χ4n) is 1.63. The number of nitrogens with zero attached hydrogens (tertiary/aromatic N) is 3. The van der Waals surface area contributed by atoms with E-state index < -0.39 is 0 Å². The topological polar surface area (TPSA) is 99.1 Å². The van der Waals surface area contributed by atoms with Crippen LogP contribution < -0.4 is 0 Å². The summed E-state index contributed by atoms with van der Waals surface area (Å²) in [5.74, 6) is 0. The SMILES string of the molecule is Cc1c(COC#N)cc(COC#N)cc1COC#N. The molecule has 1 aromatic carbocycles. The first kappa shape index (κ1) is 14.2. The normalized spacial score (nSPS) is 8.74. The summed E-state index contributed by atoms with van der Waals surface area (Å²) in [7, 11) is 0. The van der Waals surface area contributed by atoms with E-state index in [0.717, 1.165) is 22.3 Å². The maximum absolute atomic E-state index is 8.43. The third-order valence-corrected chi connectivity index (χ3v) is 2.57. The predicted octanol–water partition coefficient (Wildman–Crippen LogP) is 1.99. The Bertz CT molecular complexity index is 525. The van der Waals surface area contributed by atoms with Gasteiger partial charge in [-0.15, -0.1) is 0 Å². The van der Waals surface area contributed by atoms with Crippen LogP contribution in [0.4, 0.5) is 0 Å². The molecule has 0 aromatic heterocycles. The Kier molecular flexibility index (Phi) is 5.53. The van der Waals surface area contributed by atoms with E-state index in [-0.39, 0.29) is 19.8 Å². The molecule has 0 N–H and O–H groups in total. The lowest BCUT2D eigenvalue weighted by Gasteiger charge is -2.12. The van der Waals surface area contributed by atoms with Crippen molar-refractivity contribution in [1.29, 1.82) is 15.8 Å². The Morgan fingerprint density at radius 1 is 0.842 bits per heavy atom. The first-order chi connectivity index (χ1) is 9.22. The quantitative estimate of drug-likeness (QED) is 0.722. The van der Waals surface area contributed by atoms with Crippen molar-refractivity contribution in [3.63, 3.8) is 0 Å². The highest BCUT2D eigenvalue weighted by Gasteiger charge is 2.09. The van der Waals surface area contributed by atoms with E-state index in [4.69, 9.17) is 25.3 Å². The summed E-state index contributed by atoms with van der Waals surface area (Å²) in [6.45, 7) is 2.22. The van der Waals surface area contributed by atoms with Gasteiger partial charge >= 0.3 is 0 Å².